The van der Waals surface area contributed by atoms with Gasteiger partial charge in [0.25, 0.3) is 0 Å². The number of fused-ring (bicyclic) bond motifs is 1. The molecular formula is C27H32N2O2. The first-order valence-corrected chi connectivity index (χ1v) is 10.9. The third-order valence-electron chi connectivity index (χ3n) is 7.01. The smallest absolute Gasteiger partial charge is 0.328 e. The molecule has 0 radical (unpaired) electrons. The molecular weight excluding hydrogens is 384 g/mol. The molecule has 0 amide bonds. The first-order chi connectivity index (χ1) is 14.5. The fraction of sp³-hybridized carbons (Fsp3) is 0.370. The second-order valence-corrected chi connectivity index (χ2v) is 10.2. The Morgan fingerprint density at radius 2 is 1.65 bits per heavy atom. The molecule has 0 atom stereocenters. The van der Waals surface area contributed by atoms with E-state index in [1.54, 1.807) is 0 Å². The summed E-state index contributed by atoms with van der Waals surface area (Å²) >= 11 is 0. The van der Waals surface area contributed by atoms with Gasteiger partial charge >= 0.3 is 5.69 Å². The number of aromatic nitrogens is 2. The van der Waals surface area contributed by atoms with Crippen molar-refractivity contribution in [2.75, 3.05) is 0 Å². The van der Waals surface area contributed by atoms with Crippen LogP contribution in [0.25, 0.3) is 5.57 Å². The number of aryl methyl sites for hydroxylation is 1. The molecule has 0 fully saturated rings. The number of benzene rings is 2. The zero-order chi connectivity index (χ0) is 22.6. The van der Waals surface area contributed by atoms with Crippen LogP contribution in [0.4, 0.5) is 0 Å². The van der Waals surface area contributed by atoms with Gasteiger partial charge in [-0.1, -0.05) is 70.7 Å². The number of hydrogen-bond acceptors (Lipinski definition) is 2. The minimum absolute atomic E-state index is 0.0614. The van der Waals surface area contributed by atoms with Gasteiger partial charge in [-0.3, -0.25) is 4.57 Å². The fourth-order valence-corrected chi connectivity index (χ4v) is 4.74. The highest BCUT2D eigenvalue weighted by molar-refractivity contribution is 5.80. The lowest BCUT2D eigenvalue weighted by Gasteiger charge is -2.42. The summed E-state index contributed by atoms with van der Waals surface area (Å²) in [5.74, 6) is -0.0614. The number of nitrogens with one attached hydrogen (secondary N) is 1. The molecule has 4 nitrogen and oxygen atoms in total. The summed E-state index contributed by atoms with van der Waals surface area (Å²) in [4.78, 5) is 14.3. The highest BCUT2D eigenvalue weighted by atomic mass is 16.3. The van der Waals surface area contributed by atoms with Gasteiger partial charge < -0.3 is 10.1 Å². The quantitative estimate of drug-likeness (QED) is 0.577. The number of nitrogens with zero attached hydrogens (tertiary/aromatic N) is 1. The van der Waals surface area contributed by atoms with Crippen molar-refractivity contribution in [2.45, 2.75) is 64.8 Å². The summed E-state index contributed by atoms with van der Waals surface area (Å²) in [7, 11) is 0. The van der Waals surface area contributed by atoms with Gasteiger partial charge in [-0.15, -0.1) is 0 Å². The summed E-state index contributed by atoms with van der Waals surface area (Å²) in [5.41, 5.74) is 8.38. The average molecular weight is 417 g/mol. The molecule has 0 spiro atoms. The predicted molar refractivity (Wildman–Crippen MR) is 127 cm³/mol. The molecule has 0 saturated carbocycles. The van der Waals surface area contributed by atoms with E-state index in [1.165, 1.54) is 45.9 Å². The monoisotopic (exact) mass is 416 g/mol. The highest BCUT2D eigenvalue weighted by Gasteiger charge is 2.37. The molecule has 0 aliphatic heterocycles. The molecule has 2 N–H and O–H groups in total. The number of aromatic hydroxyl groups is 1. The Labute approximate surface area is 184 Å². The average Bonchev–Trinajstić information content (AvgIpc) is 3.03. The largest absolute Gasteiger partial charge is 0.493 e. The predicted octanol–water partition coefficient (Wildman–Crippen LogP) is 5.65. The number of aromatic amines is 1. The Hall–Kier alpha value is -3.01. The fourth-order valence-electron chi connectivity index (χ4n) is 4.74. The molecule has 1 heterocycles. The third kappa shape index (κ3) is 3.76. The van der Waals surface area contributed by atoms with Crippen molar-refractivity contribution in [1.82, 2.24) is 9.55 Å². The second-order valence-electron chi connectivity index (χ2n) is 10.2. The third-order valence-corrected chi connectivity index (χ3v) is 7.01. The van der Waals surface area contributed by atoms with Crippen molar-refractivity contribution >= 4 is 5.57 Å². The topological polar surface area (TPSA) is 58.0 Å². The standard InChI is InChI=1S/C27H32N2O2/c1-17-13-22-23(27(5,6)12-11-26(22,3)4)14-21(17)18(2)20-9-7-19(8-10-20)16-29-24(30)15-28-25(29)31/h7-10,13-15,30H,2,11-12,16H2,1,3-6H3,(H,28,31). The van der Waals surface area contributed by atoms with E-state index < -0.39 is 0 Å². The molecule has 0 unspecified atom stereocenters. The number of rotatable bonds is 4. The van der Waals surface area contributed by atoms with E-state index in [0.717, 1.165) is 16.7 Å². The maximum absolute atomic E-state index is 11.8. The maximum atomic E-state index is 11.8. The van der Waals surface area contributed by atoms with E-state index in [0.29, 0.717) is 6.54 Å². The molecule has 4 heteroatoms. The number of H-pyrrole nitrogens is 1. The van der Waals surface area contributed by atoms with Crippen LogP contribution >= 0.6 is 0 Å². The summed E-state index contributed by atoms with van der Waals surface area (Å²) in [6.07, 6.45) is 3.69. The lowest BCUT2D eigenvalue weighted by molar-refractivity contribution is 0.331. The van der Waals surface area contributed by atoms with Gasteiger partial charge in [0, 0.05) is 0 Å². The minimum atomic E-state index is -0.318. The van der Waals surface area contributed by atoms with E-state index in [1.807, 2.05) is 24.3 Å². The van der Waals surface area contributed by atoms with Crippen molar-refractivity contribution in [1.29, 1.82) is 0 Å². The summed E-state index contributed by atoms with van der Waals surface area (Å²) in [5, 5.41) is 9.81. The van der Waals surface area contributed by atoms with Crippen molar-refractivity contribution in [3.8, 4) is 5.88 Å². The Morgan fingerprint density at radius 1 is 1.06 bits per heavy atom. The lowest BCUT2D eigenvalue weighted by Crippen LogP contribution is -2.34. The van der Waals surface area contributed by atoms with Crippen LogP contribution in [0, 0.1) is 6.92 Å². The van der Waals surface area contributed by atoms with Crippen molar-refractivity contribution in [2.24, 2.45) is 0 Å². The van der Waals surface area contributed by atoms with Crippen LogP contribution in [-0.2, 0) is 17.4 Å². The van der Waals surface area contributed by atoms with Gasteiger partial charge in [-0.2, -0.15) is 0 Å². The first kappa shape index (κ1) is 21.2. The summed E-state index contributed by atoms with van der Waals surface area (Å²) in [6, 6.07) is 12.8. The number of imidazole rings is 1. The molecule has 1 aliphatic rings. The Kier molecular flexibility index (Phi) is 5.00. The van der Waals surface area contributed by atoms with Gasteiger partial charge in [-0.05, 0) is 69.5 Å². The van der Waals surface area contributed by atoms with Crippen LogP contribution in [0.15, 0.2) is 54.0 Å². The Balaban J connectivity index is 1.66. The molecule has 0 saturated heterocycles. The van der Waals surface area contributed by atoms with E-state index in [-0.39, 0.29) is 22.4 Å². The van der Waals surface area contributed by atoms with E-state index in [4.69, 9.17) is 0 Å². The molecule has 4 rings (SSSR count). The molecule has 1 aromatic heterocycles. The highest BCUT2D eigenvalue weighted by Crippen LogP contribution is 2.47. The van der Waals surface area contributed by atoms with Gasteiger partial charge in [0.1, 0.15) is 0 Å². The zero-order valence-electron chi connectivity index (χ0n) is 19.2. The minimum Gasteiger partial charge on any atom is -0.493 e. The van der Waals surface area contributed by atoms with Crippen LogP contribution in [0.2, 0.25) is 0 Å². The lowest BCUT2D eigenvalue weighted by atomic mass is 9.62. The molecule has 31 heavy (non-hydrogen) atoms. The van der Waals surface area contributed by atoms with Crippen LogP contribution in [-0.4, -0.2) is 14.7 Å². The normalized spacial score (nSPS) is 16.7. The van der Waals surface area contributed by atoms with Crippen LogP contribution in [0.1, 0.15) is 73.9 Å². The summed E-state index contributed by atoms with van der Waals surface area (Å²) < 4.78 is 1.31. The number of hydrogen-bond donors (Lipinski definition) is 2. The van der Waals surface area contributed by atoms with Crippen molar-refractivity contribution in [3.63, 3.8) is 0 Å². The molecule has 162 valence electrons. The molecule has 2 aromatic carbocycles. The van der Waals surface area contributed by atoms with Crippen LogP contribution < -0.4 is 5.69 Å². The van der Waals surface area contributed by atoms with Gasteiger partial charge in [0.2, 0.25) is 5.88 Å². The van der Waals surface area contributed by atoms with Crippen LogP contribution in [0.3, 0.4) is 0 Å². The SMILES string of the molecule is C=C(c1ccc(Cn2c(O)c[nH]c2=O)cc1)c1cc2c(cc1C)C(C)(C)CCC2(C)C. The van der Waals surface area contributed by atoms with Gasteiger partial charge in [0.15, 0.2) is 0 Å². The molecule has 1 aliphatic carbocycles. The molecule has 0 bridgehead atoms. The van der Waals surface area contributed by atoms with Gasteiger partial charge in [-0.25, -0.2) is 4.79 Å². The first-order valence-electron chi connectivity index (χ1n) is 10.9. The summed E-state index contributed by atoms with van der Waals surface area (Å²) in [6.45, 7) is 16.3. The molecule has 3 aromatic rings. The maximum Gasteiger partial charge on any atom is 0.328 e. The Bertz CT molecular complexity index is 1210. The van der Waals surface area contributed by atoms with Crippen molar-refractivity contribution < 1.29 is 5.11 Å². The van der Waals surface area contributed by atoms with E-state index in [2.05, 4.69) is 58.3 Å². The Morgan fingerprint density at radius 3 is 2.19 bits per heavy atom. The van der Waals surface area contributed by atoms with E-state index in [9.17, 15) is 9.90 Å². The zero-order valence-corrected chi connectivity index (χ0v) is 19.2. The van der Waals surface area contributed by atoms with Gasteiger partial charge in [0.05, 0.1) is 12.7 Å². The second kappa shape index (κ2) is 7.30. The van der Waals surface area contributed by atoms with Crippen molar-refractivity contribution in [3.05, 3.63) is 93.0 Å². The van der Waals surface area contributed by atoms with E-state index >= 15 is 0 Å². The van der Waals surface area contributed by atoms with Crippen LogP contribution in [0.5, 0.6) is 5.88 Å².